The summed E-state index contributed by atoms with van der Waals surface area (Å²) in [5, 5.41) is 10.1. The van der Waals surface area contributed by atoms with E-state index < -0.39 is 25.5 Å². The van der Waals surface area contributed by atoms with Crippen LogP contribution in [-0.4, -0.2) is 24.5 Å². The molecule has 0 saturated carbocycles. The summed E-state index contributed by atoms with van der Waals surface area (Å²) in [6, 6.07) is 4.31. The summed E-state index contributed by atoms with van der Waals surface area (Å²) in [5.74, 6) is 0. The van der Waals surface area contributed by atoms with Crippen LogP contribution in [0.15, 0.2) is 18.2 Å². The van der Waals surface area contributed by atoms with Crippen molar-refractivity contribution in [1.29, 1.82) is 0 Å². The lowest BCUT2D eigenvalue weighted by atomic mass is 10.1. The molecule has 0 radical (unpaired) electrons. The lowest BCUT2D eigenvalue weighted by Gasteiger charge is -2.14. The molecular weight excluding hydrogens is 280 g/mol. The fourth-order valence-corrected chi connectivity index (χ4v) is 1.68. The molecule has 1 N–H and O–H groups in total. The molecule has 0 aromatic heterocycles. The van der Waals surface area contributed by atoms with Crippen molar-refractivity contribution in [3.63, 3.8) is 0 Å². The van der Waals surface area contributed by atoms with Gasteiger partial charge in [-0.3, -0.25) is 0 Å². The van der Waals surface area contributed by atoms with Gasteiger partial charge in [-0.25, -0.2) is 0 Å². The summed E-state index contributed by atoms with van der Waals surface area (Å²) in [7, 11) is 0. The van der Waals surface area contributed by atoms with Crippen molar-refractivity contribution in [1.82, 2.24) is 0 Å². The fourth-order valence-electron chi connectivity index (χ4n) is 1.15. The quantitative estimate of drug-likeness (QED) is 0.917. The highest BCUT2D eigenvalue weighted by Gasteiger charge is 2.28. The Balaban J connectivity index is 2.55. The largest absolute Gasteiger partial charge is 0.411 e. The van der Waals surface area contributed by atoms with Crippen LogP contribution in [0.2, 0.25) is 10.0 Å². The van der Waals surface area contributed by atoms with E-state index >= 15 is 0 Å². The van der Waals surface area contributed by atoms with Crippen molar-refractivity contribution >= 4 is 23.2 Å². The Morgan fingerprint density at radius 1 is 1.29 bits per heavy atom. The van der Waals surface area contributed by atoms with Crippen molar-refractivity contribution in [3.05, 3.63) is 33.8 Å². The highest BCUT2D eigenvalue weighted by Crippen LogP contribution is 2.26. The zero-order valence-electron chi connectivity index (χ0n) is 8.47. The van der Waals surface area contributed by atoms with Gasteiger partial charge in [-0.15, -0.1) is 0 Å². The Kier molecular flexibility index (Phi) is 5.06. The van der Waals surface area contributed by atoms with E-state index in [1.165, 1.54) is 18.2 Å². The molecule has 0 saturated heterocycles. The van der Waals surface area contributed by atoms with Crippen molar-refractivity contribution in [2.24, 2.45) is 0 Å². The lowest BCUT2D eigenvalue weighted by molar-refractivity contribution is -0.179. The summed E-state index contributed by atoms with van der Waals surface area (Å²) in [4.78, 5) is 0. The molecule has 17 heavy (non-hydrogen) atoms. The van der Waals surface area contributed by atoms with Gasteiger partial charge < -0.3 is 9.84 Å². The summed E-state index contributed by atoms with van der Waals surface area (Å²) in [6.45, 7) is -1.89. The standard InChI is InChI=1S/C10H9Cl2F3O2/c11-6-1-2-7(8(12)3-6)9(16)4-17-5-10(13,14)15/h1-3,9,16H,4-5H2. The van der Waals surface area contributed by atoms with Gasteiger partial charge in [0.05, 0.1) is 6.61 Å². The molecule has 1 rings (SSSR count). The number of hydrogen-bond acceptors (Lipinski definition) is 2. The number of hydrogen-bond donors (Lipinski definition) is 1. The van der Waals surface area contributed by atoms with Crippen molar-refractivity contribution < 1.29 is 23.0 Å². The summed E-state index contributed by atoms with van der Waals surface area (Å²) >= 11 is 11.4. The van der Waals surface area contributed by atoms with Gasteiger partial charge in [0.15, 0.2) is 0 Å². The van der Waals surface area contributed by atoms with Crippen LogP contribution in [0.1, 0.15) is 11.7 Å². The first-order chi connectivity index (χ1) is 7.79. The minimum Gasteiger partial charge on any atom is -0.386 e. The van der Waals surface area contributed by atoms with Gasteiger partial charge in [0.25, 0.3) is 0 Å². The van der Waals surface area contributed by atoms with Gasteiger partial charge in [-0.1, -0.05) is 29.3 Å². The number of ether oxygens (including phenoxy) is 1. The summed E-state index contributed by atoms with van der Waals surface area (Å²) in [5.41, 5.74) is 0.276. The van der Waals surface area contributed by atoms with Crippen molar-refractivity contribution in [3.8, 4) is 0 Å². The average Bonchev–Trinajstić information content (AvgIpc) is 2.15. The molecule has 1 aromatic carbocycles. The Labute approximate surface area is 106 Å². The molecule has 1 aromatic rings. The Morgan fingerprint density at radius 3 is 2.47 bits per heavy atom. The van der Waals surface area contributed by atoms with Gasteiger partial charge in [0.1, 0.15) is 12.7 Å². The summed E-state index contributed by atoms with van der Waals surface area (Å²) in [6.07, 6.45) is -5.63. The second-order valence-corrected chi connectivity index (χ2v) is 4.16. The third kappa shape index (κ3) is 5.12. The SMILES string of the molecule is OC(COCC(F)(F)F)c1ccc(Cl)cc1Cl. The summed E-state index contributed by atoms with van der Waals surface area (Å²) < 4.78 is 39.7. The number of halogens is 5. The maximum atomic E-state index is 11.8. The van der Waals surface area contributed by atoms with E-state index in [2.05, 4.69) is 4.74 Å². The van der Waals surface area contributed by atoms with Crippen LogP contribution in [0.4, 0.5) is 13.2 Å². The van der Waals surface area contributed by atoms with Gasteiger partial charge in [0, 0.05) is 15.6 Å². The highest BCUT2D eigenvalue weighted by atomic mass is 35.5. The number of alkyl halides is 3. The predicted molar refractivity (Wildman–Crippen MR) is 58.3 cm³/mol. The average molecular weight is 289 g/mol. The topological polar surface area (TPSA) is 29.5 Å². The third-order valence-corrected chi connectivity index (χ3v) is 2.43. The molecule has 7 heteroatoms. The zero-order chi connectivity index (χ0) is 13.1. The van der Waals surface area contributed by atoms with Gasteiger partial charge in [-0.05, 0) is 12.1 Å². The van der Waals surface area contributed by atoms with Crippen LogP contribution < -0.4 is 0 Å². The van der Waals surface area contributed by atoms with Crippen molar-refractivity contribution in [2.75, 3.05) is 13.2 Å². The maximum Gasteiger partial charge on any atom is 0.411 e. The van der Waals surface area contributed by atoms with Crippen LogP contribution in [0, 0.1) is 0 Å². The van der Waals surface area contributed by atoms with Gasteiger partial charge >= 0.3 is 6.18 Å². The molecule has 1 atom stereocenters. The second kappa shape index (κ2) is 5.91. The molecule has 0 aliphatic carbocycles. The van der Waals surface area contributed by atoms with Crippen LogP contribution in [0.3, 0.4) is 0 Å². The number of aliphatic hydroxyl groups excluding tert-OH is 1. The van der Waals surface area contributed by atoms with Crippen LogP contribution in [0.5, 0.6) is 0 Å². The first-order valence-electron chi connectivity index (χ1n) is 4.57. The van der Waals surface area contributed by atoms with Crippen LogP contribution >= 0.6 is 23.2 Å². The van der Waals surface area contributed by atoms with E-state index in [0.717, 1.165) is 0 Å². The first kappa shape index (κ1) is 14.6. The molecule has 0 heterocycles. The molecule has 0 fully saturated rings. The van der Waals surface area contributed by atoms with Crippen LogP contribution in [0.25, 0.3) is 0 Å². The fraction of sp³-hybridized carbons (Fsp3) is 0.400. The first-order valence-corrected chi connectivity index (χ1v) is 5.32. The van der Waals surface area contributed by atoms with Gasteiger partial charge in [-0.2, -0.15) is 13.2 Å². The van der Waals surface area contributed by atoms with E-state index in [4.69, 9.17) is 23.2 Å². The molecule has 96 valence electrons. The molecular formula is C10H9Cl2F3O2. The molecule has 2 nitrogen and oxygen atoms in total. The number of rotatable bonds is 4. The van der Waals surface area contributed by atoms with Crippen LogP contribution in [-0.2, 0) is 4.74 Å². The van der Waals surface area contributed by atoms with E-state index in [-0.39, 0.29) is 10.6 Å². The molecule has 1 unspecified atom stereocenters. The van der Waals surface area contributed by atoms with E-state index in [9.17, 15) is 18.3 Å². The smallest absolute Gasteiger partial charge is 0.386 e. The Bertz CT molecular complexity index is 382. The molecule has 0 spiro atoms. The minimum absolute atomic E-state index is 0.181. The third-order valence-electron chi connectivity index (χ3n) is 1.86. The Hall–Kier alpha value is -0.490. The number of aliphatic hydroxyl groups is 1. The van der Waals surface area contributed by atoms with Crippen molar-refractivity contribution in [2.45, 2.75) is 12.3 Å². The van der Waals surface area contributed by atoms with Gasteiger partial charge in [0.2, 0.25) is 0 Å². The molecule has 0 aliphatic heterocycles. The van der Waals surface area contributed by atoms with E-state index in [1.807, 2.05) is 0 Å². The maximum absolute atomic E-state index is 11.8. The molecule has 0 aliphatic rings. The molecule has 0 amide bonds. The number of benzene rings is 1. The minimum atomic E-state index is -4.41. The normalized spacial score (nSPS) is 13.8. The predicted octanol–water partition coefficient (Wildman–Crippen LogP) is 3.61. The lowest BCUT2D eigenvalue weighted by Crippen LogP contribution is -2.19. The van der Waals surface area contributed by atoms with E-state index in [0.29, 0.717) is 5.02 Å². The zero-order valence-corrected chi connectivity index (χ0v) is 9.98. The highest BCUT2D eigenvalue weighted by molar-refractivity contribution is 6.35. The van der Waals surface area contributed by atoms with E-state index in [1.54, 1.807) is 0 Å². The monoisotopic (exact) mass is 288 g/mol. The Morgan fingerprint density at radius 2 is 1.94 bits per heavy atom. The molecule has 0 bridgehead atoms. The second-order valence-electron chi connectivity index (χ2n) is 3.31.